The molecule has 0 saturated heterocycles. The molecule has 0 aliphatic heterocycles. The Labute approximate surface area is 102 Å². The van der Waals surface area contributed by atoms with E-state index in [0.29, 0.717) is 6.10 Å². The summed E-state index contributed by atoms with van der Waals surface area (Å²) in [5, 5.41) is 0. The minimum absolute atomic E-state index is 0.00261. The summed E-state index contributed by atoms with van der Waals surface area (Å²) in [6.45, 7) is 12.6. The van der Waals surface area contributed by atoms with E-state index in [1.807, 2.05) is 0 Å². The molecule has 0 aromatic rings. The normalized spacial score (nSPS) is 17.1. The Bertz CT molecular complexity index is 159. The van der Waals surface area contributed by atoms with Crippen molar-refractivity contribution in [3.63, 3.8) is 0 Å². The van der Waals surface area contributed by atoms with Gasteiger partial charge in [0.2, 0.25) is 0 Å². The summed E-state index contributed by atoms with van der Waals surface area (Å²) in [5.41, 5.74) is 0.00261. The molecule has 2 heteroatoms. The van der Waals surface area contributed by atoms with E-state index in [0.717, 1.165) is 38.9 Å². The molecular weight excluding hydrogens is 200 g/mol. The number of hydrogen-bond donors (Lipinski definition) is 0. The first-order chi connectivity index (χ1) is 7.58. The van der Waals surface area contributed by atoms with E-state index >= 15 is 0 Å². The van der Waals surface area contributed by atoms with E-state index in [2.05, 4.69) is 34.6 Å². The lowest BCUT2D eigenvalue weighted by molar-refractivity contribution is -0.0639. The van der Waals surface area contributed by atoms with Gasteiger partial charge in [0.05, 0.1) is 11.7 Å². The Hall–Kier alpha value is -0.0800. The summed E-state index contributed by atoms with van der Waals surface area (Å²) >= 11 is 0. The molecule has 0 bridgehead atoms. The van der Waals surface area contributed by atoms with Crippen LogP contribution in [-0.4, -0.2) is 24.9 Å². The number of hydrogen-bond acceptors (Lipinski definition) is 2. The smallest absolute Gasteiger partial charge is 0.0673 e. The van der Waals surface area contributed by atoms with Crippen molar-refractivity contribution in [2.24, 2.45) is 0 Å². The van der Waals surface area contributed by atoms with Crippen molar-refractivity contribution in [1.29, 1.82) is 0 Å². The van der Waals surface area contributed by atoms with Gasteiger partial charge in [0.1, 0.15) is 0 Å². The van der Waals surface area contributed by atoms with Gasteiger partial charge in [-0.05, 0) is 39.5 Å². The average molecular weight is 230 g/mol. The van der Waals surface area contributed by atoms with Crippen LogP contribution in [0.3, 0.4) is 0 Å². The van der Waals surface area contributed by atoms with Gasteiger partial charge in [-0.1, -0.05) is 27.2 Å². The molecule has 98 valence electrons. The topological polar surface area (TPSA) is 18.5 Å². The van der Waals surface area contributed by atoms with Crippen molar-refractivity contribution >= 4 is 0 Å². The highest BCUT2D eigenvalue weighted by atomic mass is 16.5. The lowest BCUT2D eigenvalue weighted by Crippen LogP contribution is -2.30. The first kappa shape index (κ1) is 15.9. The van der Waals surface area contributed by atoms with E-state index in [1.165, 1.54) is 6.42 Å². The molecule has 0 spiro atoms. The number of ether oxygens (including phenoxy) is 2. The lowest BCUT2D eigenvalue weighted by Gasteiger charge is -2.29. The Kier molecular flexibility index (Phi) is 8.96. The predicted molar refractivity (Wildman–Crippen MR) is 69.9 cm³/mol. The molecule has 0 amide bonds. The molecule has 0 fully saturated rings. The summed E-state index contributed by atoms with van der Waals surface area (Å²) < 4.78 is 11.7. The van der Waals surface area contributed by atoms with Crippen molar-refractivity contribution in [2.45, 2.75) is 78.4 Å². The highest BCUT2D eigenvalue weighted by Gasteiger charge is 2.22. The second-order valence-corrected chi connectivity index (χ2v) is 4.85. The lowest BCUT2D eigenvalue weighted by atomic mass is 9.99. The standard InChI is InChI=1S/C14H30O2/c1-6-9-11-16-14(5,8-3)10-12-15-13(4)7-2/h13H,6-12H2,1-5H3. The Morgan fingerprint density at radius 2 is 1.81 bits per heavy atom. The summed E-state index contributed by atoms with van der Waals surface area (Å²) in [6.07, 6.45) is 5.86. The molecule has 16 heavy (non-hydrogen) atoms. The van der Waals surface area contributed by atoms with Crippen LogP contribution in [0.15, 0.2) is 0 Å². The van der Waals surface area contributed by atoms with Crippen LogP contribution in [0, 0.1) is 0 Å². The second-order valence-electron chi connectivity index (χ2n) is 4.85. The van der Waals surface area contributed by atoms with Gasteiger partial charge < -0.3 is 9.47 Å². The molecule has 0 saturated carbocycles. The molecule has 2 nitrogen and oxygen atoms in total. The van der Waals surface area contributed by atoms with E-state index in [9.17, 15) is 0 Å². The summed E-state index contributed by atoms with van der Waals surface area (Å²) in [4.78, 5) is 0. The van der Waals surface area contributed by atoms with Crippen LogP contribution in [-0.2, 0) is 9.47 Å². The van der Waals surface area contributed by atoms with Gasteiger partial charge in [-0.2, -0.15) is 0 Å². The van der Waals surface area contributed by atoms with Crippen LogP contribution >= 0.6 is 0 Å². The SMILES string of the molecule is CCCCOC(C)(CC)CCOC(C)CC. The molecule has 2 atom stereocenters. The molecule has 0 radical (unpaired) electrons. The van der Waals surface area contributed by atoms with E-state index in [-0.39, 0.29) is 5.60 Å². The molecule has 0 aromatic carbocycles. The van der Waals surface area contributed by atoms with Gasteiger partial charge in [0.15, 0.2) is 0 Å². The molecule has 0 aromatic heterocycles. The van der Waals surface area contributed by atoms with Crippen LogP contribution in [0.1, 0.15) is 66.7 Å². The fourth-order valence-corrected chi connectivity index (χ4v) is 1.41. The van der Waals surface area contributed by atoms with Gasteiger partial charge in [0.25, 0.3) is 0 Å². The maximum atomic E-state index is 5.95. The minimum atomic E-state index is 0.00261. The van der Waals surface area contributed by atoms with Gasteiger partial charge in [-0.3, -0.25) is 0 Å². The van der Waals surface area contributed by atoms with Crippen LogP contribution in [0.5, 0.6) is 0 Å². The third kappa shape index (κ3) is 7.24. The Morgan fingerprint density at radius 3 is 2.31 bits per heavy atom. The maximum Gasteiger partial charge on any atom is 0.0673 e. The molecule has 0 aliphatic rings. The highest BCUT2D eigenvalue weighted by Crippen LogP contribution is 2.20. The van der Waals surface area contributed by atoms with Gasteiger partial charge in [0, 0.05) is 13.2 Å². The van der Waals surface area contributed by atoms with E-state index in [1.54, 1.807) is 0 Å². The van der Waals surface area contributed by atoms with Gasteiger partial charge >= 0.3 is 0 Å². The zero-order valence-corrected chi connectivity index (χ0v) is 11.8. The van der Waals surface area contributed by atoms with Crippen LogP contribution < -0.4 is 0 Å². The predicted octanol–water partition coefficient (Wildman–Crippen LogP) is 4.18. The quantitative estimate of drug-likeness (QED) is 0.524. The highest BCUT2D eigenvalue weighted by molar-refractivity contribution is 4.73. The number of unbranched alkanes of at least 4 members (excludes halogenated alkanes) is 1. The molecule has 0 N–H and O–H groups in total. The Balaban J connectivity index is 3.77. The first-order valence-electron chi connectivity index (χ1n) is 6.83. The minimum Gasteiger partial charge on any atom is -0.378 e. The van der Waals surface area contributed by atoms with Crippen LogP contribution in [0.2, 0.25) is 0 Å². The number of rotatable bonds is 10. The van der Waals surface area contributed by atoms with Crippen molar-refractivity contribution in [3.05, 3.63) is 0 Å². The van der Waals surface area contributed by atoms with Crippen molar-refractivity contribution in [3.8, 4) is 0 Å². The van der Waals surface area contributed by atoms with Crippen molar-refractivity contribution in [2.75, 3.05) is 13.2 Å². The second kappa shape index (κ2) is 9.00. The molecular formula is C14H30O2. The van der Waals surface area contributed by atoms with Crippen molar-refractivity contribution in [1.82, 2.24) is 0 Å². The third-order valence-corrected chi connectivity index (χ3v) is 3.30. The third-order valence-electron chi connectivity index (χ3n) is 3.30. The largest absolute Gasteiger partial charge is 0.378 e. The summed E-state index contributed by atoms with van der Waals surface area (Å²) in [5.74, 6) is 0. The first-order valence-corrected chi connectivity index (χ1v) is 6.83. The van der Waals surface area contributed by atoms with E-state index in [4.69, 9.17) is 9.47 Å². The summed E-state index contributed by atoms with van der Waals surface area (Å²) in [7, 11) is 0. The average Bonchev–Trinajstić information content (AvgIpc) is 2.29. The molecule has 0 aliphatic carbocycles. The fourth-order valence-electron chi connectivity index (χ4n) is 1.41. The maximum absolute atomic E-state index is 5.95. The fraction of sp³-hybridized carbons (Fsp3) is 1.00. The van der Waals surface area contributed by atoms with Crippen LogP contribution in [0.4, 0.5) is 0 Å². The zero-order valence-electron chi connectivity index (χ0n) is 11.8. The molecule has 2 unspecified atom stereocenters. The summed E-state index contributed by atoms with van der Waals surface area (Å²) in [6, 6.07) is 0. The zero-order chi connectivity index (χ0) is 12.4. The van der Waals surface area contributed by atoms with E-state index < -0.39 is 0 Å². The van der Waals surface area contributed by atoms with Crippen LogP contribution in [0.25, 0.3) is 0 Å². The van der Waals surface area contributed by atoms with Crippen molar-refractivity contribution < 1.29 is 9.47 Å². The van der Waals surface area contributed by atoms with Gasteiger partial charge in [-0.15, -0.1) is 0 Å². The Morgan fingerprint density at radius 1 is 1.12 bits per heavy atom. The van der Waals surface area contributed by atoms with Gasteiger partial charge in [-0.25, -0.2) is 0 Å². The molecule has 0 rings (SSSR count). The molecule has 0 heterocycles. The monoisotopic (exact) mass is 230 g/mol.